The van der Waals surface area contributed by atoms with Crippen molar-refractivity contribution in [1.82, 2.24) is 0 Å². The summed E-state index contributed by atoms with van der Waals surface area (Å²) in [6.07, 6.45) is 2.87. The SMILES string of the molecule is CC1=C(Cl)CC(CC2=C(C)C(C)=C(Cl)C2)=C1C.[Zr]. The van der Waals surface area contributed by atoms with Gasteiger partial charge in [-0.25, -0.2) is 0 Å². The smallest absolute Gasteiger partial charge is 0.0253 e. The first-order valence-corrected chi connectivity index (χ1v) is 6.76. The number of allylic oxidation sites excluding steroid dienone is 8. The Bertz CT molecular complexity index is 459. The van der Waals surface area contributed by atoms with Crippen molar-refractivity contribution in [3.8, 4) is 0 Å². The summed E-state index contributed by atoms with van der Waals surface area (Å²) < 4.78 is 0. The molecule has 0 nitrogen and oxygen atoms in total. The molecule has 2 aliphatic rings. The van der Waals surface area contributed by atoms with Gasteiger partial charge in [0.25, 0.3) is 0 Å². The van der Waals surface area contributed by atoms with Gasteiger partial charge in [0.2, 0.25) is 0 Å². The van der Waals surface area contributed by atoms with Gasteiger partial charge in [0.15, 0.2) is 0 Å². The van der Waals surface area contributed by atoms with Crippen LogP contribution >= 0.6 is 23.2 Å². The molecule has 2 rings (SSSR count). The zero-order valence-corrected chi connectivity index (χ0v) is 15.3. The Morgan fingerprint density at radius 3 is 1.28 bits per heavy atom. The Morgan fingerprint density at radius 1 is 0.722 bits per heavy atom. The summed E-state index contributed by atoms with van der Waals surface area (Å²) in [5.74, 6) is 0. The third-order valence-electron chi connectivity index (χ3n) is 4.16. The molecule has 0 aliphatic heterocycles. The van der Waals surface area contributed by atoms with E-state index in [1.54, 1.807) is 0 Å². The maximum absolute atomic E-state index is 6.22. The third-order valence-corrected chi connectivity index (χ3v) is 5.00. The first-order chi connectivity index (χ1) is 7.91. The summed E-state index contributed by atoms with van der Waals surface area (Å²) in [5.41, 5.74) is 8.18. The van der Waals surface area contributed by atoms with Crippen LogP contribution in [0.2, 0.25) is 0 Å². The molecule has 0 aromatic carbocycles. The number of hydrogen-bond donors (Lipinski definition) is 0. The molecule has 0 atom stereocenters. The Hall–Kier alpha value is 0.423. The molecule has 0 fully saturated rings. The van der Waals surface area contributed by atoms with Gasteiger partial charge in [0.1, 0.15) is 0 Å². The first kappa shape index (κ1) is 16.5. The van der Waals surface area contributed by atoms with E-state index in [0.29, 0.717) is 0 Å². The van der Waals surface area contributed by atoms with Crippen molar-refractivity contribution in [2.75, 3.05) is 0 Å². The van der Waals surface area contributed by atoms with Gasteiger partial charge in [-0.1, -0.05) is 34.3 Å². The van der Waals surface area contributed by atoms with E-state index < -0.39 is 0 Å². The molecule has 0 aromatic rings. The van der Waals surface area contributed by atoms with Crippen LogP contribution in [0.25, 0.3) is 0 Å². The van der Waals surface area contributed by atoms with Gasteiger partial charge in [0, 0.05) is 49.1 Å². The van der Waals surface area contributed by atoms with Crippen molar-refractivity contribution < 1.29 is 26.2 Å². The van der Waals surface area contributed by atoms with Crippen LogP contribution < -0.4 is 0 Å². The fourth-order valence-electron chi connectivity index (χ4n) is 2.49. The van der Waals surface area contributed by atoms with Crippen molar-refractivity contribution in [3.05, 3.63) is 43.5 Å². The van der Waals surface area contributed by atoms with Crippen molar-refractivity contribution in [2.24, 2.45) is 0 Å². The van der Waals surface area contributed by atoms with E-state index in [4.69, 9.17) is 23.2 Å². The standard InChI is InChI=1S/C15H18Cl2.Zr/c1-8-10(3)14(16)6-12(8)5-13-7-15(17)11(4)9(13)2;/h5-7H2,1-4H3;. The van der Waals surface area contributed by atoms with Gasteiger partial charge in [-0.3, -0.25) is 0 Å². The van der Waals surface area contributed by atoms with Crippen LogP contribution in [0.4, 0.5) is 0 Å². The van der Waals surface area contributed by atoms with E-state index in [9.17, 15) is 0 Å². The number of halogens is 2. The fourth-order valence-corrected chi connectivity index (χ4v) is 3.10. The largest absolute Gasteiger partial charge is 0.0885 e. The fraction of sp³-hybridized carbons (Fsp3) is 0.467. The van der Waals surface area contributed by atoms with E-state index >= 15 is 0 Å². The average Bonchev–Trinajstić information content (AvgIpc) is 2.66. The van der Waals surface area contributed by atoms with Crippen LogP contribution in [-0.2, 0) is 26.2 Å². The molecule has 18 heavy (non-hydrogen) atoms. The van der Waals surface area contributed by atoms with Crippen LogP contribution in [0.15, 0.2) is 43.5 Å². The summed E-state index contributed by atoms with van der Waals surface area (Å²) in [6, 6.07) is 0. The maximum atomic E-state index is 6.22. The topological polar surface area (TPSA) is 0 Å². The van der Waals surface area contributed by atoms with E-state index in [1.807, 2.05) is 0 Å². The molecule has 0 saturated heterocycles. The molecule has 0 spiro atoms. The molecule has 0 unspecified atom stereocenters. The van der Waals surface area contributed by atoms with Crippen LogP contribution in [0, 0.1) is 0 Å². The van der Waals surface area contributed by atoms with Crippen LogP contribution in [0.5, 0.6) is 0 Å². The van der Waals surface area contributed by atoms with Crippen molar-refractivity contribution in [3.63, 3.8) is 0 Å². The predicted octanol–water partition coefficient (Wildman–Crippen LogP) is 5.84. The monoisotopic (exact) mass is 358 g/mol. The molecule has 0 amide bonds. The molecule has 0 saturated carbocycles. The second-order valence-corrected chi connectivity index (χ2v) is 5.96. The minimum Gasteiger partial charge on any atom is -0.0885 e. The molecule has 2 aliphatic carbocycles. The van der Waals surface area contributed by atoms with E-state index in [0.717, 1.165) is 29.3 Å². The second-order valence-electron chi connectivity index (χ2n) is 5.05. The van der Waals surface area contributed by atoms with Gasteiger partial charge in [-0.05, 0) is 56.4 Å². The van der Waals surface area contributed by atoms with Crippen molar-refractivity contribution in [2.45, 2.75) is 47.0 Å². The zero-order chi connectivity index (χ0) is 12.7. The predicted molar refractivity (Wildman–Crippen MR) is 76.4 cm³/mol. The molecule has 0 heterocycles. The Morgan fingerprint density at radius 2 is 1.06 bits per heavy atom. The molecule has 0 radical (unpaired) electrons. The summed E-state index contributed by atoms with van der Waals surface area (Å²) in [6.45, 7) is 8.56. The average molecular weight is 360 g/mol. The van der Waals surface area contributed by atoms with Gasteiger partial charge >= 0.3 is 0 Å². The minimum absolute atomic E-state index is 0. The molecule has 0 aromatic heterocycles. The van der Waals surface area contributed by atoms with E-state index in [2.05, 4.69) is 27.7 Å². The summed E-state index contributed by atoms with van der Waals surface area (Å²) in [5, 5.41) is 2.01. The Kier molecular flexibility index (Phi) is 5.72. The molecule has 3 heteroatoms. The number of rotatable bonds is 2. The zero-order valence-electron chi connectivity index (χ0n) is 11.4. The van der Waals surface area contributed by atoms with E-state index in [-0.39, 0.29) is 26.2 Å². The molecular weight excluding hydrogens is 342 g/mol. The first-order valence-electron chi connectivity index (χ1n) is 6.00. The number of hydrogen-bond acceptors (Lipinski definition) is 0. The summed E-state index contributed by atoms with van der Waals surface area (Å²) in [7, 11) is 0. The van der Waals surface area contributed by atoms with Crippen molar-refractivity contribution >= 4 is 23.2 Å². The molecule has 0 N–H and O–H groups in total. The third kappa shape index (κ3) is 2.94. The maximum Gasteiger partial charge on any atom is 0.0253 e. The van der Waals surface area contributed by atoms with E-state index in [1.165, 1.54) is 33.4 Å². The Balaban J connectivity index is 0.00000162. The van der Waals surface area contributed by atoms with Gasteiger partial charge in [-0.15, -0.1) is 0 Å². The van der Waals surface area contributed by atoms with Crippen LogP contribution in [0.3, 0.4) is 0 Å². The van der Waals surface area contributed by atoms with Crippen LogP contribution in [0.1, 0.15) is 47.0 Å². The summed E-state index contributed by atoms with van der Waals surface area (Å²) >= 11 is 12.4. The van der Waals surface area contributed by atoms with Crippen molar-refractivity contribution in [1.29, 1.82) is 0 Å². The molecule has 0 bridgehead atoms. The van der Waals surface area contributed by atoms with Gasteiger partial charge in [0.05, 0.1) is 0 Å². The minimum atomic E-state index is 0. The Labute approximate surface area is 139 Å². The quantitative estimate of drug-likeness (QED) is 0.580. The second kappa shape index (κ2) is 6.25. The molecule has 96 valence electrons. The van der Waals surface area contributed by atoms with Gasteiger partial charge < -0.3 is 0 Å². The summed E-state index contributed by atoms with van der Waals surface area (Å²) in [4.78, 5) is 0. The normalized spacial score (nSPS) is 20.3. The van der Waals surface area contributed by atoms with Gasteiger partial charge in [-0.2, -0.15) is 0 Å². The molecular formula is C15H18Cl2Zr. The van der Waals surface area contributed by atoms with Crippen LogP contribution in [-0.4, -0.2) is 0 Å².